The molecule has 2 atom stereocenters. The smallest absolute Gasteiger partial charge is 0.0846 e. The van der Waals surface area contributed by atoms with Gasteiger partial charge in [-0.1, -0.05) is 53.7 Å². The number of aliphatic imine (C=N–C) groups is 1. The van der Waals surface area contributed by atoms with Gasteiger partial charge in [0.2, 0.25) is 0 Å². The molecule has 1 aliphatic rings. The zero-order valence-electron chi connectivity index (χ0n) is 13.4. The van der Waals surface area contributed by atoms with Gasteiger partial charge < -0.3 is 0 Å². The topological polar surface area (TPSA) is 12.4 Å². The van der Waals surface area contributed by atoms with Crippen molar-refractivity contribution < 1.29 is 0 Å². The van der Waals surface area contributed by atoms with Crippen LogP contribution < -0.4 is 0 Å². The van der Waals surface area contributed by atoms with Crippen LogP contribution in [0.4, 0.5) is 0 Å². The standard InChI is InChI=1S/C17H31N/c1-8-14(15(5,9-2)10-3)18-17(7)13-12-16(17,6)11-4/h12-13H,8-11H2,1-7H3. The molecule has 0 saturated carbocycles. The van der Waals surface area contributed by atoms with Gasteiger partial charge in [0.1, 0.15) is 0 Å². The zero-order valence-corrected chi connectivity index (χ0v) is 13.4. The minimum atomic E-state index is 0.0126. The molecule has 0 amide bonds. The summed E-state index contributed by atoms with van der Waals surface area (Å²) in [7, 11) is 0. The Kier molecular flexibility index (Phi) is 4.46. The van der Waals surface area contributed by atoms with E-state index in [2.05, 4.69) is 60.6 Å². The summed E-state index contributed by atoms with van der Waals surface area (Å²) < 4.78 is 0. The molecule has 104 valence electrons. The van der Waals surface area contributed by atoms with Crippen molar-refractivity contribution in [3.63, 3.8) is 0 Å². The average molecular weight is 249 g/mol. The van der Waals surface area contributed by atoms with E-state index in [-0.39, 0.29) is 16.4 Å². The molecule has 0 aromatic heterocycles. The Balaban J connectivity index is 3.11. The highest BCUT2D eigenvalue weighted by Crippen LogP contribution is 2.49. The molecule has 0 bridgehead atoms. The predicted molar refractivity (Wildman–Crippen MR) is 82.4 cm³/mol. The molecule has 18 heavy (non-hydrogen) atoms. The Bertz CT molecular complexity index is 349. The molecule has 0 saturated heterocycles. The summed E-state index contributed by atoms with van der Waals surface area (Å²) in [4.78, 5) is 5.20. The first-order valence-corrected chi connectivity index (χ1v) is 7.60. The third kappa shape index (κ3) is 2.29. The molecule has 0 fully saturated rings. The third-order valence-electron chi connectivity index (χ3n) is 5.63. The van der Waals surface area contributed by atoms with E-state index in [0.717, 1.165) is 12.8 Å². The fourth-order valence-electron chi connectivity index (χ4n) is 2.83. The van der Waals surface area contributed by atoms with Gasteiger partial charge in [-0.2, -0.15) is 0 Å². The highest BCUT2D eigenvalue weighted by molar-refractivity contribution is 5.90. The zero-order chi connectivity index (χ0) is 14.0. The predicted octanol–water partition coefficient (Wildman–Crippen LogP) is 5.41. The molecule has 1 heteroatoms. The lowest BCUT2D eigenvalue weighted by Crippen LogP contribution is -2.47. The minimum absolute atomic E-state index is 0.0126. The molecule has 1 aliphatic carbocycles. The van der Waals surface area contributed by atoms with Crippen molar-refractivity contribution in [2.45, 2.75) is 79.7 Å². The summed E-state index contributed by atoms with van der Waals surface area (Å²) in [5, 5.41) is 0. The lowest BCUT2D eigenvalue weighted by Gasteiger charge is -2.48. The van der Waals surface area contributed by atoms with Crippen LogP contribution in [0.2, 0.25) is 0 Å². The van der Waals surface area contributed by atoms with Gasteiger partial charge in [-0.05, 0) is 32.6 Å². The van der Waals surface area contributed by atoms with Gasteiger partial charge in [0.05, 0.1) is 5.54 Å². The van der Waals surface area contributed by atoms with Crippen molar-refractivity contribution in [1.29, 1.82) is 0 Å². The molecule has 0 aromatic rings. The van der Waals surface area contributed by atoms with Crippen LogP contribution in [0.15, 0.2) is 17.1 Å². The number of hydrogen-bond donors (Lipinski definition) is 0. The summed E-state index contributed by atoms with van der Waals surface area (Å²) in [6.07, 6.45) is 9.21. The molecule has 1 nitrogen and oxygen atoms in total. The summed E-state index contributed by atoms with van der Waals surface area (Å²) in [5.41, 5.74) is 1.93. The molecule has 0 aromatic carbocycles. The fraction of sp³-hybridized carbons (Fsp3) is 0.824. The van der Waals surface area contributed by atoms with Crippen LogP contribution in [0.5, 0.6) is 0 Å². The Morgan fingerprint density at radius 1 is 1.06 bits per heavy atom. The van der Waals surface area contributed by atoms with Crippen LogP contribution in [-0.4, -0.2) is 11.3 Å². The Morgan fingerprint density at radius 2 is 1.61 bits per heavy atom. The van der Waals surface area contributed by atoms with Gasteiger partial charge in [0, 0.05) is 16.5 Å². The van der Waals surface area contributed by atoms with Gasteiger partial charge in [-0.3, -0.25) is 4.99 Å². The van der Waals surface area contributed by atoms with E-state index in [0.29, 0.717) is 0 Å². The Hall–Kier alpha value is -0.590. The second-order valence-electron chi connectivity index (χ2n) is 6.43. The summed E-state index contributed by atoms with van der Waals surface area (Å²) in [6, 6.07) is 0. The van der Waals surface area contributed by atoms with Crippen LogP contribution >= 0.6 is 0 Å². The van der Waals surface area contributed by atoms with Crippen LogP contribution in [0.3, 0.4) is 0 Å². The Morgan fingerprint density at radius 3 is 1.89 bits per heavy atom. The van der Waals surface area contributed by atoms with Crippen molar-refractivity contribution in [1.82, 2.24) is 0 Å². The van der Waals surface area contributed by atoms with E-state index in [1.807, 2.05) is 0 Å². The number of hydrogen-bond acceptors (Lipinski definition) is 1. The minimum Gasteiger partial charge on any atom is -0.282 e. The molecular weight excluding hydrogens is 218 g/mol. The first kappa shape index (κ1) is 15.5. The monoisotopic (exact) mass is 249 g/mol. The SMILES string of the molecule is CCC(=NC1(C)C=CC1(C)CC)C(C)(CC)CC. The van der Waals surface area contributed by atoms with E-state index in [1.54, 1.807) is 0 Å². The lowest BCUT2D eigenvalue weighted by atomic mass is 9.61. The van der Waals surface area contributed by atoms with Crippen molar-refractivity contribution in [2.24, 2.45) is 15.8 Å². The molecule has 1 rings (SSSR count). The van der Waals surface area contributed by atoms with E-state index in [1.165, 1.54) is 18.6 Å². The maximum absolute atomic E-state index is 5.20. The van der Waals surface area contributed by atoms with E-state index >= 15 is 0 Å². The van der Waals surface area contributed by atoms with E-state index in [9.17, 15) is 0 Å². The molecule has 0 spiro atoms. The van der Waals surface area contributed by atoms with E-state index < -0.39 is 0 Å². The third-order valence-corrected chi connectivity index (χ3v) is 5.63. The summed E-state index contributed by atoms with van der Waals surface area (Å²) in [5.74, 6) is 0. The van der Waals surface area contributed by atoms with Gasteiger partial charge >= 0.3 is 0 Å². The highest BCUT2D eigenvalue weighted by atomic mass is 14.9. The Labute approximate surface area is 114 Å². The summed E-state index contributed by atoms with van der Waals surface area (Å²) >= 11 is 0. The normalized spacial score (nSPS) is 32.5. The largest absolute Gasteiger partial charge is 0.282 e. The fourth-order valence-corrected chi connectivity index (χ4v) is 2.83. The maximum atomic E-state index is 5.20. The average Bonchev–Trinajstić information content (AvgIpc) is 2.41. The van der Waals surface area contributed by atoms with Crippen molar-refractivity contribution >= 4 is 5.71 Å². The van der Waals surface area contributed by atoms with Crippen LogP contribution in [0.25, 0.3) is 0 Å². The van der Waals surface area contributed by atoms with Gasteiger partial charge in [0.15, 0.2) is 0 Å². The molecular formula is C17H31N. The summed E-state index contributed by atoms with van der Waals surface area (Å²) in [6.45, 7) is 16.1. The first-order valence-electron chi connectivity index (χ1n) is 7.60. The highest BCUT2D eigenvalue weighted by Gasteiger charge is 2.46. The van der Waals surface area contributed by atoms with Crippen molar-refractivity contribution in [2.75, 3.05) is 0 Å². The van der Waals surface area contributed by atoms with E-state index in [4.69, 9.17) is 4.99 Å². The molecule has 0 radical (unpaired) electrons. The molecule has 0 aliphatic heterocycles. The van der Waals surface area contributed by atoms with Crippen molar-refractivity contribution in [3.05, 3.63) is 12.2 Å². The van der Waals surface area contributed by atoms with Gasteiger partial charge in [-0.15, -0.1) is 0 Å². The first-order chi connectivity index (χ1) is 8.30. The van der Waals surface area contributed by atoms with Crippen LogP contribution in [-0.2, 0) is 0 Å². The quantitative estimate of drug-likeness (QED) is 0.441. The van der Waals surface area contributed by atoms with Gasteiger partial charge in [-0.25, -0.2) is 0 Å². The molecule has 0 heterocycles. The maximum Gasteiger partial charge on any atom is 0.0846 e. The van der Waals surface area contributed by atoms with Crippen LogP contribution in [0.1, 0.15) is 74.1 Å². The number of nitrogens with zero attached hydrogens (tertiary/aromatic N) is 1. The second kappa shape index (κ2) is 5.19. The lowest BCUT2D eigenvalue weighted by molar-refractivity contribution is 0.225. The molecule has 0 N–H and O–H groups in total. The number of rotatable bonds is 6. The van der Waals surface area contributed by atoms with Crippen molar-refractivity contribution in [3.8, 4) is 0 Å². The molecule has 2 unspecified atom stereocenters. The second-order valence-corrected chi connectivity index (χ2v) is 6.43. The van der Waals surface area contributed by atoms with Crippen LogP contribution in [0, 0.1) is 10.8 Å². The van der Waals surface area contributed by atoms with Gasteiger partial charge in [0.25, 0.3) is 0 Å².